The van der Waals surface area contributed by atoms with E-state index in [1.54, 1.807) is 10.9 Å². The van der Waals surface area contributed by atoms with Gasteiger partial charge in [-0.1, -0.05) is 47.8 Å². The molecule has 0 radical (unpaired) electrons. The fourth-order valence-corrected chi connectivity index (χ4v) is 3.18. The van der Waals surface area contributed by atoms with Crippen LogP contribution in [0.5, 0.6) is 0 Å². The van der Waals surface area contributed by atoms with Crippen LogP contribution in [0.4, 0.5) is 0 Å². The Hall–Kier alpha value is -0.740. The molecule has 1 aromatic carbocycles. The number of halogens is 3. The van der Waals surface area contributed by atoms with Crippen LogP contribution in [0.3, 0.4) is 0 Å². The van der Waals surface area contributed by atoms with Gasteiger partial charge in [-0.25, -0.2) is 0 Å². The minimum Gasteiger partial charge on any atom is -0.308 e. The van der Waals surface area contributed by atoms with Crippen molar-refractivity contribution in [3.63, 3.8) is 0 Å². The molecular weight excluding hydrogens is 329 g/mol. The van der Waals surface area contributed by atoms with Crippen molar-refractivity contribution in [2.75, 3.05) is 6.54 Å². The topological polar surface area (TPSA) is 29.9 Å². The summed E-state index contributed by atoms with van der Waals surface area (Å²) in [7, 11) is 1.88. The number of benzene rings is 1. The third kappa shape index (κ3) is 3.92. The van der Waals surface area contributed by atoms with Crippen molar-refractivity contribution >= 4 is 34.8 Å². The van der Waals surface area contributed by atoms with E-state index in [0.29, 0.717) is 21.5 Å². The van der Waals surface area contributed by atoms with Gasteiger partial charge in [0, 0.05) is 17.1 Å². The Morgan fingerprint density at radius 3 is 2.38 bits per heavy atom. The first kappa shape index (κ1) is 16.6. The maximum absolute atomic E-state index is 6.28. The molecular formula is C15H18Cl3N3. The van der Waals surface area contributed by atoms with Crippen LogP contribution in [0.15, 0.2) is 24.4 Å². The van der Waals surface area contributed by atoms with Crippen LogP contribution >= 0.6 is 34.8 Å². The number of aromatic nitrogens is 2. The average Bonchev–Trinajstić information content (AvgIpc) is 2.78. The molecule has 0 aliphatic heterocycles. The van der Waals surface area contributed by atoms with Crippen LogP contribution < -0.4 is 5.32 Å². The molecule has 1 N–H and O–H groups in total. The van der Waals surface area contributed by atoms with Crippen molar-refractivity contribution in [1.82, 2.24) is 15.1 Å². The molecule has 0 fully saturated rings. The molecule has 2 rings (SSSR count). The molecule has 0 saturated heterocycles. The predicted octanol–water partition coefficient (Wildman–Crippen LogP) is 4.66. The van der Waals surface area contributed by atoms with E-state index < -0.39 is 0 Å². The Labute approximate surface area is 140 Å². The maximum atomic E-state index is 6.28. The van der Waals surface area contributed by atoms with Crippen molar-refractivity contribution in [3.8, 4) is 0 Å². The highest BCUT2D eigenvalue weighted by Gasteiger charge is 2.21. The molecule has 0 bridgehead atoms. The molecule has 2 aromatic rings. The van der Waals surface area contributed by atoms with Gasteiger partial charge in [0.2, 0.25) is 0 Å². The largest absolute Gasteiger partial charge is 0.308 e. The fourth-order valence-electron chi connectivity index (χ4n) is 2.33. The molecule has 1 heterocycles. The van der Waals surface area contributed by atoms with E-state index in [4.69, 9.17) is 34.8 Å². The highest BCUT2D eigenvalue weighted by Crippen LogP contribution is 2.31. The first-order chi connectivity index (χ1) is 10.0. The van der Waals surface area contributed by atoms with E-state index in [0.717, 1.165) is 24.2 Å². The van der Waals surface area contributed by atoms with E-state index in [9.17, 15) is 0 Å². The number of nitrogens with zero attached hydrogens (tertiary/aromatic N) is 2. The van der Waals surface area contributed by atoms with Gasteiger partial charge in [0.05, 0.1) is 23.0 Å². The predicted molar refractivity (Wildman–Crippen MR) is 89.4 cm³/mol. The summed E-state index contributed by atoms with van der Waals surface area (Å²) in [5, 5.41) is 9.69. The molecule has 0 spiro atoms. The van der Waals surface area contributed by atoms with Crippen LogP contribution in [0, 0.1) is 0 Å². The minimum absolute atomic E-state index is 0.0161. The number of rotatable bonds is 6. The van der Waals surface area contributed by atoms with E-state index in [-0.39, 0.29) is 6.04 Å². The zero-order valence-electron chi connectivity index (χ0n) is 12.0. The first-order valence-corrected chi connectivity index (χ1v) is 8.01. The van der Waals surface area contributed by atoms with Crippen LogP contribution in [0.2, 0.25) is 15.1 Å². The molecule has 1 aromatic heterocycles. The van der Waals surface area contributed by atoms with E-state index in [1.807, 2.05) is 25.2 Å². The summed E-state index contributed by atoms with van der Waals surface area (Å²) in [5.74, 6) is 0. The summed E-state index contributed by atoms with van der Waals surface area (Å²) in [4.78, 5) is 0. The molecule has 114 valence electrons. The lowest BCUT2D eigenvalue weighted by molar-refractivity contribution is 0.493. The van der Waals surface area contributed by atoms with Crippen molar-refractivity contribution in [2.24, 2.45) is 7.05 Å². The maximum Gasteiger partial charge on any atom is 0.0834 e. The van der Waals surface area contributed by atoms with Gasteiger partial charge in [-0.15, -0.1) is 0 Å². The number of aryl methyl sites for hydroxylation is 1. The molecule has 1 atom stereocenters. The Morgan fingerprint density at radius 1 is 1.19 bits per heavy atom. The molecule has 1 unspecified atom stereocenters. The lowest BCUT2D eigenvalue weighted by Crippen LogP contribution is -2.26. The normalized spacial score (nSPS) is 12.6. The molecule has 21 heavy (non-hydrogen) atoms. The van der Waals surface area contributed by atoms with Gasteiger partial charge in [0.15, 0.2) is 0 Å². The van der Waals surface area contributed by atoms with E-state index in [2.05, 4.69) is 17.3 Å². The van der Waals surface area contributed by atoms with Gasteiger partial charge in [-0.2, -0.15) is 5.10 Å². The van der Waals surface area contributed by atoms with Gasteiger partial charge in [0.25, 0.3) is 0 Å². The third-order valence-electron chi connectivity index (χ3n) is 3.38. The summed E-state index contributed by atoms with van der Waals surface area (Å²) >= 11 is 18.8. The van der Waals surface area contributed by atoms with Crippen LogP contribution in [-0.2, 0) is 13.5 Å². The molecule has 3 nitrogen and oxygen atoms in total. The molecule has 0 saturated carbocycles. The second kappa shape index (κ2) is 7.50. The fraction of sp³-hybridized carbons (Fsp3) is 0.400. The van der Waals surface area contributed by atoms with Crippen molar-refractivity contribution in [1.29, 1.82) is 0 Å². The van der Waals surface area contributed by atoms with Crippen LogP contribution in [0.1, 0.15) is 30.6 Å². The number of hydrogen-bond donors (Lipinski definition) is 1. The summed E-state index contributed by atoms with van der Waals surface area (Å²) in [5.41, 5.74) is 1.87. The van der Waals surface area contributed by atoms with Gasteiger partial charge in [-0.3, -0.25) is 4.68 Å². The molecule has 0 aliphatic rings. The molecule has 0 amide bonds. The van der Waals surface area contributed by atoms with Crippen molar-refractivity contribution in [3.05, 3.63) is 50.7 Å². The molecule has 6 heteroatoms. The Bertz CT molecular complexity index is 570. The quantitative estimate of drug-likeness (QED) is 0.824. The van der Waals surface area contributed by atoms with Gasteiger partial charge >= 0.3 is 0 Å². The zero-order valence-corrected chi connectivity index (χ0v) is 14.3. The van der Waals surface area contributed by atoms with Gasteiger partial charge in [0.1, 0.15) is 0 Å². The standard InChI is InChI=1S/C15H18Cl3N3/c1-3-7-19-14(15-13(18)9-20-21(15)2)8-10-11(16)5-4-6-12(10)17/h4-6,9,14,19H,3,7-8H2,1-2H3. The average molecular weight is 347 g/mol. The second-order valence-electron chi connectivity index (χ2n) is 4.91. The third-order valence-corrected chi connectivity index (χ3v) is 4.38. The summed E-state index contributed by atoms with van der Waals surface area (Å²) in [6.07, 6.45) is 3.35. The zero-order chi connectivity index (χ0) is 15.4. The van der Waals surface area contributed by atoms with Crippen LogP contribution in [-0.4, -0.2) is 16.3 Å². The monoisotopic (exact) mass is 345 g/mol. The molecule has 0 aliphatic carbocycles. The Balaban J connectivity index is 2.33. The first-order valence-electron chi connectivity index (χ1n) is 6.88. The lowest BCUT2D eigenvalue weighted by atomic mass is 10.0. The number of nitrogens with one attached hydrogen (secondary N) is 1. The minimum atomic E-state index is 0.0161. The summed E-state index contributed by atoms with van der Waals surface area (Å²) in [6, 6.07) is 5.57. The van der Waals surface area contributed by atoms with Crippen LogP contribution in [0.25, 0.3) is 0 Å². The SMILES string of the molecule is CCCNC(Cc1c(Cl)cccc1Cl)c1c(Cl)cnn1C. The Morgan fingerprint density at radius 2 is 1.86 bits per heavy atom. The van der Waals surface area contributed by atoms with Gasteiger partial charge in [-0.05, 0) is 37.1 Å². The highest BCUT2D eigenvalue weighted by molar-refractivity contribution is 6.36. The smallest absolute Gasteiger partial charge is 0.0834 e. The summed E-state index contributed by atoms with van der Waals surface area (Å²) in [6.45, 7) is 3.01. The van der Waals surface area contributed by atoms with E-state index in [1.165, 1.54) is 0 Å². The number of hydrogen-bond acceptors (Lipinski definition) is 2. The Kier molecular flexibility index (Phi) is 5.94. The summed E-state index contributed by atoms with van der Waals surface area (Å²) < 4.78 is 1.79. The van der Waals surface area contributed by atoms with Crippen molar-refractivity contribution < 1.29 is 0 Å². The van der Waals surface area contributed by atoms with Crippen molar-refractivity contribution in [2.45, 2.75) is 25.8 Å². The highest BCUT2D eigenvalue weighted by atomic mass is 35.5. The second-order valence-corrected chi connectivity index (χ2v) is 6.13. The lowest BCUT2D eigenvalue weighted by Gasteiger charge is -2.21. The van der Waals surface area contributed by atoms with E-state index >= 15 is 0 Å². The van der Waals surface area contributed by atoms with Gasteiger partial charge < -0.3 is 5.32 Å².